The molecule has 3 heteroatoms. The Morgan fingerprint density at radius 1 is 1.38 bits per heavy atom. The molecule has 2 N–H and O–H groups in total. The minimum atomic E-state index is -0.449. The Kier molecular flexibility index (Phi) is 3.26. The van der Waals surface area contributed by atoms with E-state index in [1.807, 2.05) is 12.1 Å². The number of nitrogens with two attached hydrogens (primary N) is 1. The summed E-state index contributed by atoms with van der Waals surface area (Å²) in [5.74, 6) is -0.195. The summed E-state index contributed by atoms with van der Waals surface area (Å²) in [5, 5.41) is 0. The molecule has 88 valence electrons. The van der Waals surface area contributed by atoms with Crippen LogP contribution in [0.2, 0.25) is 0 Å². The summed E-state index contributed by atoms with van der Waals surface area (Å²) in [6.07, 6.45) is 3.95. The SMILES string of the molecule is COCc1ccc(C2(N)CCCC2)c(F)c1. The normalized spacial score (nSPS) is 18.9. The first-order valence-corrected chi connectivity index (χ1v) is 5.72. The van der Waals surface area contributed by atoms with Crippen molar-refractivity contribution in [2.45, 2.75) is 37.8 Å². The third-order valence-electron chi connectivity index (χ3n) is 3.38. The third-order valence-corrected chi connectivity index (χ3v) is 3.38. The molecule has 1 aliphatic carbocycles. The molecule has 1 aromatic rings. The van der Waals surface area contributed by atoms with Crippen molar-refractivity contribution < 1.29 is 9.13 Å². The smallest absolute Gasteiger partial charge is 0.128 e. The summed E-state index contributed by atoms with van der Waals surface area (Å²) < 4.78 is 18.9. The van der Waals surface area contributed by atoms with E-state index in [9.17, 15) is 4.39 Å². The summed E-state index contributed by atoms with van der Waals surface area (Å²) in [5.41, 5.74) is 7.29. The van der Waals surface area contributed by atoms with Gasteiger partial charge in [0.2, 0.25) is 0 Å². The summed E-state index contributed by atoms with van der Waals surface area (Å²) >= 11 is 0. The summed E-state index contributed by atoms with van der Waals surface area (Å²) in [4.78, 5) is 0. The van der Waals surface area contributed by atoms with Crippen LogP contribution in [0, 0.1) is 5.82 Å². The van der Waals surface area contributed by atoms with E-state index >= 15 is 0 Å². The highest BCUT2D eigenvalue weighted by atomic mass is 19.1. The molecule has 0 saturated heterocycles. The Balaban J connectivity index is 2.28. The zero-order valence-electron chi connectivity index (χ0n) is 9.63. The number of ether oxygens (including phenoxy) is 1. The number of methoxy groups -OCH3 is 1. The second-order valence-corrected chi connectivity index (χ2v) is 4.61. The van der Waals surface area contributed by atoms with E-state index < -0.39 is 5.54 Å². The lowest BCUT2D eigenvalue weighted by molar-refractivity contribution is 0.184. The van der Waals surface area contributed by atoms with Gasteiger partial charge in [-0.3, -0.25) is 0 Å². The van der Waals surface area contributed by atoms with Crippen molar-refractivity contribution in [1.29, 1.82) is 0 Å². The van der Waals surface area contributed by atoms with Gasteiger partial charge in [-0.15, -0.1) is 0 Å². The number of rotatable bonds is 3. The average molecular weight is 223 g/mol. The monoisotopic (exact) mass is 223 g/mol. The van der Waals surface area contributed by atoms with Crippen LogP contribution in [0.1, 0.15) is 36.8 Å². The number of halogens is 1. The second kappa shape index (κ2) is 4.52. The van der Waals surface area contributed by atoms with Crippen molar-refractivity contribution in [3.8, 4) is 0 Å². The molecule has 0 spiro atoms. The molecule has 0 atom stereocenters. The largest absolute Gasteiger partial charge is 0.380 e. The lowest BCUT2D eigenvalue weighted by Crippen LogP contribution is -2.34. The maximum Gasteiger partial charge on any atom is 0.128 e. The van der Waals surface area contributed by atoms with E-state index in [-0.39, 0.29) is 5.82 Å². The molecular formula is C13H18FNO. The molecule has 2 rings (SSSR count). The first kappa shape index (κ1) is 11.6. The van der Waals surface area contributed by atoms with Gasteiger partial charge >= 0.3 is 0 Å². The third kappa shape index (κ3) is 2.11. The van der Waals surface area contributed by atoms with Gasteiger partial charge in [-0.05, 0) is 24.5 Å². The molecule has 0 radical (unpaired) electrons. The van der Waals surface area contributed by atoms with Crippen LogP contribution in [0.4, 0.5) is 4.39 Å². The minimum absolute atomic E-state index is 0.195. The molecule has 1 aromatic carbocycles. The Morgan fingerprint density at radius 2 is 2.06 bits per heavy atom. The van der Waals surface area contributed by atoms with Crippen molar-refractivity contribution in [1.82, 2.24) is 0 Å². The van der Waals surface area contributed by atoms with Gasteiger partial charge in [0.05, 0.1) is 6.61 Å². The molecule has 0 unspecified atom stereocenters. The van der Waals surface area contributed by atoms with Gasteiger partial charge in [0.1, 0.15) is 5.82 Å². The molecule has 1 saturated carbocycles. The molecule has 0 bridgehead atoms. The van der Waals surface area contributed by atoms with Crippen LogP contribution in [0.5, 0.6) is 0 Å². The molecule has 16 heavy (non-hydrogen) atoms. The van der Waals surface area contributed by atoms with Gasteiger partial charge in [-0.1, -0.05) is 25.0 Å². The molecule has 1 aliphatic rings. The standard InChI is InChI=1S/C13H18FNO/c1-16-9-10-4-5-11(12(14)8-10)13(15)6-2-3-7-13/h4-5,8H,2-3,6-7,9,15H2,1H3. The Labute approximate surface area is 95.6 Å². The first-order valence-electron chi connectivity index (χ1n) is 5.72. The van der Waals surface area contributed by atoms with E-state index in [1.165, 1.54) is 6.07 Å². The van der Waals surface area contributed by atoms with Crippen molar-refractivity contribution in [2.24, 2.45) is 5.73 Å². The Hall–Kier alpha value is -0.930. The maximum atomic E-state index is 13.9. The van der Waals surface area contributed by atoms with Gasteiger partial charge in [-0.25, -0.2) is 4.39 Å². The quantitative estimate of drug-likeness (QED) is 0.855. The van der Waals surface area contributed by atoms with E-state index in [1.54, 1.807) is 7.11 Å². The fourth-order valence-corrected chi connectivity index (χ4v) is 2.49. The van der Waals surface area contributed by atoms with Crippen molar-refractivity contribution >= 4 is 0 Å². The number of hydrogen-bond acceptors (Lipinski definition) is 2. The van der Waals surface area contributed by atoms with Gasteiger partial charge in [0, 0.05) is 18.2 Å². The van der Waals surface area contributed by atoms with Gasteiger partial charge in [0.15, 0.2) is 0 Å². The van der Waals surface area contributed by atoms with Crippen molar-refractivity contribution in [2.75, 3.05) is 7.11 Å². The average Bonchev–Trinajstić information content (AvgIpc) is 2.66. The molecular weight excluding hydrogens is 205 g/mol. The number of hydrogen-bond donors (Lipinski definition) is 1. The zero-order valence-corrected chi connectivity index (χ0v) is 9.63. The second-order valence-electron chi connectivity index (χ2n) is 4.61. The van der Waals surface area contributed by atoms with Gasteiger partial charge in [0.25, 0.3) is 0 Å². The molecule has 2 nitrogen and oxygen atoms in total. The molecule has 0 aliphatic heterocycles. The van der Waals surface area contributed by atoms with E-state index in [0.29, 0.717) is 12.2 Å². The van der Waals surface area contributed by atoms with Crippen molar-refractivity contribution in [3.63, 3.8) is 0 Å². The summed E-state index contributed by atoms with van der Waals surface area (Å²) in [7, 11) is 1.60. The summed E-state index contributed by atoms with van der Waals surface area (Å²) in [6.45, 7) is 0.439. The van der Waals surface area contributed by atoms with Crippen LogP contribution in [0.15, 0.2) is 18.2 Å². The van der Waals surface area contributed by atoms with Gasteiger partial charge in [-0.2, -0.15) is 0 Å². The Bertz CT molecular complexity index is 372. The van der Waals surface area contributed by atoms with Gasteiger partial charge < -0.3 is 10.5 Å². The van der Waals surface area contributed by atoms with Crippen LogP contribution in [-0.4, -0.2) is 7.11 Å². The topological polar surface area (TPSA) is 35.2 Å². The minimum Gasteiger partial charge on any atom is -0.380 e. The van der Waals surface area contributed by atoms with Crippen LogP contribution < -0.4 is 5.73 Å². The fraction of sp³-hybridized carbons (Fsp3) is 0.538. The maximum absolute atomic E-state index is 13.9. The first-order chi connectivity index (χ1) is 7.65. The summed E-state index contributed by atoms with van der Waals surface area (Å²) in [6, 6.07) is 5.25. The van der Waals surface area contributed by atoms with Crippen molar-refractivity contribution in [3.05, 3.63) is 35.1 Å². The lowest BCUT2D eigenvalue weighted by Gasteiger charge is -2.24. The highest BCUT2D eigenvalue weighted by Gasteiger charge is 2.33. The highest BCUT2D eigenvalue weighted by Crippen LogP contribution is 2.37. The van der Waals surface area contributed by atoms with E-state index in [2.05, 4.69) is 0 Å². The Morgan fingerprint density at radius 3 is 2.62 bits per heavy atom. The molecule has 0 amide bonds. The predicted molar refractivity (Wildman–Crippen MR) is 61.4 cm³/mol. The van der Waals surface area contributed by atoms with E-state index in [4.69, 9.17) is 10.5 Å². The number of benzene rings is 1. The molecule has 0 aromatic heterocycles. The zero-order chi connectivity index (χ0) is 11.6. The van der Waals surface area contributed by atoms with Crippen LogP contribution in [-0.2, 0) is 16.9 Å². The lowest BCUT2D eigenvalue weighted by atomic mass is 9.88. The van der Waals surface area contributed by atoms with Crippen LogP contribution >= 0.6 is 0 Å². The van der Waals surface area contributed by atoms with E-state index in [0.717, 1.165) is 31.2 Å². The molecule has 1 fully saturated rings. The highest BCUT2D eigenvalue weighted by molar-refractivity contribution is 5.30. The van der Waals surface area contributed by atoms with Crippen LogP contribution in [0.3, 0.4) is 0 Å². The predicted octanol–water partition coefficient (Wildman–Crippen LogP) is 2.70. The molecule has 0 heterocycles. The van der Waals surface area contributed by atoms with Crippen LogP contribution in [0.25, 0.3) is 0 Å². The fourth-order valence-electron chi connectivity index (χ4n) is 2.49.